The van der Waals surface area contributed by atoms with Crippen LogP contribution in [0.15, 0.2) is 24.3 Å². The molecule has 14 heavy (non-hydrogen) atoms. The van der Waals surface area contributed by atoms with Crippen LogP contribution in [0.2, 0.25) is 0 Å². The lowest BCUT2D eigenvalue weighted by molar-refractivity contribution is 0.0855. The van der Waals surface area contributed by atoms with E-state index in [1.165, 1.54) is 0 Å². The molecule has 0 N–H and O–H groups in total. The summed E-state index contributed by atoms with van der Waals surface area (Å²) in [6.07, 6.45) is 3.11. The first-order chi connectivity index (χ1) is 6.83. The summed E-state index contributed by atoms with van der Waals surface area (Å²) in [5.74, 6) is 0.318. The number of Topliss-reactive ketones (excluding diaryl/α,β-unsaturated/α-hetero) is 1. The van der Waals surface area contributed by atoms with Crippen LogP contribution in [0.4, 0.5) is 0 Å². The summed E-state index contributed by atoms with van der Waals surface area (Å²) in [5.41, 5.74) is 1.10. The van der Waals surface area contributed by atoms with Gasteiger partial charge in [-0.3, -0.25) is 4.79 Å². The summed E-state index contributed by atoms with van der Waals surface area (Å²) in [7, 11) is 0. The number of ketones is 1. The van der Waals surface area contributed by atoms with Gasteiger partial charge >= 0.3 is 0 Å². The van der Waals surface area contributed by atoms with E-state index < -0.39 is 0 Å². The molecule has 0 spiro atoms. The molecule has 1 saturated carbocycles. The van der Waals surface area contributed by atoms with Gasteiger partial charge in [0, 0.05) is 11.5 Å². The highest BCUT2D eigenvalue weighted by atomic mass is 16.1. The second-order valence-electron chi connectivity index (χ2n) is 3.65. The summed E-state index contributed by atoms with van der Waals surface area (Å²) >= 11 is 0. The minimum atomic E-state index is 0.147. The Labute approximate surface area is 83.2 Å². The molecule has 0 radical (unpaired) electrons. The van der Waals surface area contributed by atoms with Crippen molar-refractivity contribution in [1.29, 1.82) is 5.26 Å². The first-order valence-corrected chi connectivity index (χ1v) is 4.86. The van der Waals surface area contributed by atoms with Crippen molar-refractivity contribution in [2.24, 2.45) is 5.92 Å². The van der Waals surface area contributed by atoms with Crippen LogP contribution in [-0.4, -0.2) is 5.78 Å². The smallest absolute Gasteiger partial charge is 0.167 e. The molecule has 2 rings (SSSR count). The third-order valence-corrected chi connectivity index (χ3v) is 2.79. The molecule has 1 fully saturated rings. The first kappa shape index (κ1) is 8.96. The van der Waals surface area contributed by atoms with Gasteiger partial charge in [-0.15, -0.1) is 0 Å². The van der Waals surface area contributed by atoms with Gasteiger partial charge in [-0.25, -0.2) is 0 Å². The molecular formula is C12H11NO. The summed E-state index contributed by atoms with van der Waals surface area (Å²) in [6.45, 7) is 0. The number of carbonyl (C=O) groups is 1. The quantitative estimate of drug-likeness (QED) is 0.664. The molecular weight excluding hydrogens is 174 g/mol. The van der Waals surface area contributed by atoms with E-state index in [0.29, 0.717) is 11.1 Å². The molecule has 0 bridgehead atoms. The number of carbonyl (C=O) groups excluding carboxylic acids is 1. The number of hydrogen-bond acceptors (Lipinski definition) is 2. The van der Waals surface area contributed by atoms with Gasteiger partial charge in [-0.05, 0) is 18.9 Å². The molecule has 1 aliphatic carbocycles. The van der Waals surface area contributed by atoms with Crippen molar-refractivity contribution in [3.63, 3.8) is 0 Å². The maximum Gasteiger partial charge on any atom is 0.167 e. The third kappa shape index (κ3) is 1.42. The molecule has 0 aliphatic heterocycles. The summed E-state index contributed by atoms with van der Waals surface area (Å²) < 4.78 is 0. The van der Waals surface area contributed by atoms with E-state index in [4.69, 9.17) is 5.26 Å². The summed E-state index contributed by atoms with van der Waals surface area (Å²) in [5, 5.41) is 8.84. The number of benzene rings is 1. The SMILES string of the molecule is N#Cc1ccccc1C(=O)C1CCC1. The van der Waals surface area contributed by atoms with Gasteiger partial charge in [-0.2, -0.15) is 5.26 Å². The molecule has 1 aliphatic rings. The molecule has 0 amide bonds. The fourth-order valence-corrected chi connectivity index (χ4v) is 1.69. The van der Waals surface area contributed by atoms with Crippen LogP contribution in [0.3, 0.4) is 0 Å². The molecule has 0 unspecified atom stereocenters. The predicted octanol–water partition coefficient (Wildman–Crippen LogP) is 2.54. The van der Waals surface area contributed by atoms with Gasteiger partial charge in [-0.1, -0.05) is 24.6 Å². The second-order valence-corrected chi connectivity index (χ2v) is 3.65. The number of rotatable bonds is 2. The predicted molar refractivity (Wildman–Crippen MR) is 52.8 cm³/mol. The number of hydrogen-bond donors (Lipinski definition) is 0. The van der Waals surface area contributed by atoms with Crippen LogP contribution in [0, 0.1) is 17.2 Å². The third-order valence-electron chi connectivity index (χ3n) is 2.79. The minimum absolute atomic E-state index is 0.147. The van der Waals surface area contributed by atoms with Crippen LogP contribution in [0.5, 0.6) is 0 Å². The van der Waals surface area contributed by atoms with E-state index in [1.807, 2.05) is 6.07 Å². The van der Waals surface area contributed by atoms with Gasteiger partial charge in [0.25, 0.3) is 0 Å². The zero-order chi connectivity index (χ0) is 9.97. The molecule has 0 heterocycles. The number of nitriles is 1. The van der Waals surface area contributed by atoms with E-state index in [9.17, 15) is 4.79 Å². The Hall–Kier alpha value is -1.62. The second kappa shape index (κ2) is 3.63. The minimum Gasteiger partial charge on any atom is -0.294 e. The topological polar surface area (TPSA) is 40.9 Å². The zero-order valence-electron chi connectivity index (χ0n) is 7.86. The Morgan fingerprint density at radius 3 is 2.64 bits per heavy atom. The highest BCUT2D eigenvalue weighted by Crippen LogP contribution is 2.30. The summed E-state index contributed by atoms with van der Waals surface area (Å²) in [6, 6.07) is 9.11. The zero-order valence-corrected chi connectivity index (χ0v) is 7.86. The van der Waals surface area contributed by atoms with Crippen molar-refractivity contribution in [1.82, 2.24) is 0 Å². The lowest BCUT2D eigenvalue weighted by atomic mass is 9.79. The Balaban J connectivity index is 2.31. The van der Waals surface area contributed by atoms with Crippen LogP contribution < -0.4 is 0 Å². The van der Waals surface area contributed by atoms with Gasteiger partial charge < -0.3 is 0 Å². The van der Waals surface area contributed by atoms with Gasteiger partial charge in [0.1, 0.15) is 0 Å². The van der Waals surface area contributed by atoms with Crippen molar-refractivity contribution >= 4 is 5.78 Å². The normalized spacial score (nSPS) is 15.6. The first-order valence-electron chi connectivity index (χ1n) is 4.86. The van der Waals surface area contributed by atoms with E-state index in [1.54, 1.807) is 18.2 Å². The fourth-order valence-electron chi connectivity index (χ4n) is 1.69. The average molecular weight is 185 g/mol. The Morgan fingerprint density at radius 1 is 1.36 bits per heavy atom. The van der Waals surface area contributed by atoms with Crippen molar-refractivity contribution in [2.45, 2.75) is 19.3 Å². The molecule has 2 heteroatoms. The molecule has 1 aromatic rings. The highest BCUT2D eigenvalue weighted by Gasteiger charge is 2.27. The molecule has 70 valence electrons. The van der Waals surface area contributed by atoms with Crippen LogP contribution in [0.25, 0.3) is 0 Å². The van der Waals surface area contributed by atoms with Gasteiger partial charge in [0.2, 0.25) is 0 Å². The van der Waals surface area contributed by atoms with Crippen molar-refractivity contribution in [3.05, 3.63) is 35.4 Å². The Kier molecular flexibility index (Phi) is 2.32. The molecule has 0 aromatic heterocycles. The van der Waals surface area contributed by atoms with Gasteiger partial charge in [0.15, 0.2) is 5.78 Å². The van der Waals surface area contributed by atoms with Crippen LogP contribution >= 0.6 is 0 Å². The monoisotopic (exact) mass is 185 g/mol. The molecule has 0 saturated heterocycles. The average Bonchev–Trinajstić information content (AvgIpc) is 2.15. The Morgan fingerprint density at radius 2 is 2.07 bits per heavy atom. The van der Waals surface area contributed by atoms with Crippen LogP contribution in [-0.2, 0) is 0 Å². The van der Waals surface area contributed by atoms with E-state index >= 15 is 0 Å². The number of nitrogens with zero attached hydrogens (tertiary/aromatic N) is 1. The maximum absolute atomic E-state index is 11.9. The van der Waals surface area contributed by atoms with E-state index in [2.05, 4.69) is 6.07 Å². The standard InChI is InChI=1S/C12H11NO/c13-8-10-4-1-2-7-11(10)12(14)9-5-3-6-9/h1-2,4,7,9H,3,5-6H2. The van der Waals surface area contributed by atoms with Crippen molar-refractivity contribution < 1.29 is 4.79 Å². The lowest BCUT2D eigenvalue weighted by Gasteiger charge is -2.23. The maximum atomic E-state index is 11.9. The summed E-state index contributed by atoms with van der Waals surface area (Å²) in [4.78, 5) is 11.9. The van der Waals surface area contributed by atoms with Crippen molar-refractivity contribution in [3.8, 4) is 6.07 Å². The molecule has 1 aromatic carbocycles. The van der Waals surface area contributed by atoms with E-state index in [0.717, 1.165) is 19.3 Å². The Bertz CT molecular complexity index is 399. The van der Waals surface area contributed by atoms with Gasteiger partial charge in [0.05, 0.1) is 11.6 Å². The lowest BCUT2D eigenvalue weighted by Crippen LogP contribution is -2.22. The molecule has 2 nitrogen and oxygen atoms in total. The fraction of sp³-hybridized carbons (Fsp3) is 0.333. The van der Waals surface area contributed by atoms with Crippen LogP contribution in [0.1, 0.15) is 35.2 Å². The molecule has 0 atom stereocenters. The van der Waals surface area contributed by atoms with Crippen molar-refractivity contribution in [2.75, 3.05) is 0 Å². The highest BCUT2D eigenvalue weighted by molar-refractivity contribution is 6.00. The largest absolute Gasteiger partial charge is 0.294 e. The van der Waals surface area contributed by atoms with E-state index in [-0.39, 0.29) is 11.7 Å².